The fourth-order valence-electron chi connectivity index (χ4n) is 2.34. The highest BCUT2D eigenvalue weighted by Crippen LogP contribution is 2.25. The molecule has 23 heavy (non-hydrogen) atoms. The zero-order valence-electron chi connectivity index (χ0n) is 13.5. The van der Waals surface area contributed by atoms with Gasteiger partial charge in [0.15, 0.2) is 0 Å². The molecule has 0 saturated heterocycles. The van der Waals surface area contributed by atoms with Gasteiger partial charge in [0.05, 0.1) is 11.1 Å². The van der Waals surface area contributed by atoms with Crippen LogP contribution in [-0.2, 0) is 0 Å². The molecule has 0 aliphatic heterocycles. The molecule has 3 rings (SSSR count). The second-order valence-corrected chi connectivity index (χ2v) is 6.90. The number of hydrogen-bond acceptors (Lipinski definition) is 5. The molecule has 0 radical (unpaired) electrons. The quantitative estimate of drug-likeness (QED) is 0.787. The molecule has 0 saturated carbocycles. The summed E-state index contributed by atoms with van der Waals surface area (Å²) in [5, 5.41) is 13.3. The van der Waals surface area contributed by atoms with E-state index in [0.717, 1.165) is 27.2 Å². The smallest absolute Gasteiger partial charge is 0.258 e. The van der Waals surface area contributed by atoms with Crippen LogP contribution in [0.15, 0.2) is 24.3 Å². The van der Waals surface area contributed by atoms with Crippen molar-refractivity contribution in [1.29, 1.82) is 0 Å². The van der Waals surface area contributed by atoms with Gasteiger partial charge < -0.3 is 0 Å². The number of pyridine rings is 1. The number of aromatic nitrogens is 3. The van der Waals surface area contributed by atoms with Crippen LogP contribution in [0.1, 0.15) is 46.4 Å². The normalized spacial score (nSPS) is 11.2. The van der Waals surface area contributed by atoms with Crippen molar-refractivity contribution in [3.8, 4) is 0 Å². The number of fused-ring (bicyclic) bond motifs is 1. The average Bonchev–Trinajstić information content (AvgIpc) is 2.95. The first-order valence-electron chi connectivity index (χ1n) is 7.47. The molecule has 3 aromatic rings. The van der Waals surface area contributed by atoms with Crippen molar-refractivity contribution in [2.24, 2.45) is 0 Å². The lowest BCUT2D eigenvalue weighted by Gasteiger charge is -2.08. The Morgan fingerprint density at radius 2 is 1.96 bits per heavy atom. The van der Waals surface area contributed by atoms with Crippen LogP contribution >= 0.6 is 11.3 Å². The minimum Gasteiger partial charge on any atom is -0.296 e. The highest BCUT2D eigenvalue weighted by atomic mass is 32.1. The van der Waals surface area contributed by atoms with Crippen molar-refractivity contribution < 1.29 is 4.79 Å². The molecule has 5 nitrogen and oxygen atoms in total. The number of rotatable bonds is 3. The van der Waals surface area contributed by atoms with E-state index in [2.05, 4.69) is 34.3 Å². The molecule has 0 aliphatic carbocycles. The van der Waals surface area contributed by atoms with Crippen LogP contribution in [0.3, 0.4) is 0 Å². The number of carbonyl (C=O) groups excluding carboxylic acids is 1. The lowest BCUT2D eigenvalue weighted by molar-refractivity contribution is 0.102. The van der Waals surface area contributed by atoms with Crippen LogP contribution in [-0.4, -0.2) is 21.1 Å². The lowest BCUT2D eigenvalue weighted by atomic mass is 10.0. The van der Waals surface area contributed by atoms with E-state index < -0.39 is 0 Å². The summed E-state index contributed by atoms with van der Waals surface area (Å²) < 4.78 is 0. The van der Waals surface area contributed by atoms with Gasteiger partial charge in [-0.15, -0.1) is 10.2 Å². The molecule has 6 heteroatoms. The Labute approximate surface area is 138 Å². The predicted molar refractivity (Wildman–Crippen MR) is 93.2 cm³/mol. The fraction of sp³-hybridized carbons (Fsp3) is 0.294. The number of nitrogens with zero attached hydrogens (tertiary/aromatic N) is 3. The summed E-state index contributed by atoms with van der Waals surface area (Å²) in [7, 11) is 0. The SMILES string of the molecule is Cc1ccc2nc(C)cc(C(=O)Nc3nnc(C(C)C)s3)c2c1. The van der Waals surface area contributed by atoms with Gasteiger partial charge in [-0.1, -0.05) is 36.8 Å². The van der Waals surface area contributed by atoms with Crippen molar-refractivity contribution in [2.75, 3.05) is 5.32 Å². The van der Waals surface area contributed by atoms with E-state index in [9.17, 15) is 4.79 Å². The summed E-state index contributed by atoms with van der Waals surface area (Å²) in [6.45, 7) is 7.99. The van der Waals surface area contributed by atoms with Gasteiger partial charge >= 0.3 is 0 Å². The summed E-state index contributed by atoms with van der Waals surface area (Å²) in [4.78, 5) is 17.2. The minimum absolute atomic E-state index is 0.183. The van der Waals surface area contributed by atoms with Crippen molar-refractivity contribution in [1.82, 2.24) is 15.2 Å². The lowest BCUT2D eigenvalue weighted by Crippen LogP contribution is -2.13. The summed E-state index contributed by atoms with van der Waals surface area (Å²) in [5.74, 6) is 0.113. The van der Waals surface area contributed by atoms with Crippen LogP contribution in [0.5, 0.6) is 0 Å². The van der Waals surface area contributed by atoms with Gasteiger partial charge in [0.25, 0.3) is 5.91 Å². The van der Waals surface area contributed by atoms with Crippen molar-refractivity contribution in [3.05, 3.63) is 46.1 Å². The van der Waals surface area contributed by atoms with E-state index >= 15 is 0 Å². The number of carbonyl (C=O) groups is 1. The molecule has 0 aliphatic rings. The van der Waals surface area contributed by atoms with Gasteiger partial charge in [0.1, 0.15) is 5.01 Å². The van der Waals surface area contributed by atoms with E-state index in [0.29, 0.717) is 16.6 Å². The minimum atomic E-state index is -0.183. The third-order valence-electron chi connectivity index (χ3n) is 3.49. The van der Waals surface area contributed by atoms with Crippen LogP contribution in [0.2, 0.25) is 0 Å². The van der Waals surface area contributed by atoms with E-state index in [4.69, 9.17) is 0 Å². The summed E-state index contributed by atoms with van der Waals surface area (Å²) in [6, 6.07) is 7.73. The standard InChI is InChI=1S/C17H18N4OS/c1-9(2)16-20-21-17(23-16)19-15(22)13-8-11(4)18-14-6-5-10(3)7-12(13)14/h5-9H,1-4H3,(H,19,21,22). The highest BCUT2D eigenvalue weighted by molar-refractivity contribution is 7.15. The first kappa shape index (κ1) is 15.6. The number of hydrogen-bond donors (Lipinski definition) is 1. The second kappa shape index (κ2) is 6.04. The molecule has 118 valence electrons. The van der Waals surface area contributed by atoms with E-state index in [1.165, 1.54) is 11.3 Å². The maximum Gasteiger partial charge on any atom is 0.258 e. The molecular formula is C17H18N4OS. The first-order valence-corrected chi connectivity index (χ1v) is 8.28. The maximum absolute atomic E-state index is 12.7. The highest BCUT2D eigenvalue weighted by Gasteiger charge is 2.15. The molecule has 1 N–H and O–H groups in total. The number of nitrogens with one attached hydrogen (secondary N) is 1. The molecule has 0 fully saturated rings. The maximum atomic E-state index is 12.7. The van der Waals surface area contributed by atoms with Crippen molar-refractivity contribution in [2.45, 2.75) is 33.6 Å². The van der Waals surface area contributed by atoms with Crippen LogP contribution in [0, 0.1) is 13.8 Å². The van der Waals surface area contributed by atoms with Crippen LogP contribution < -0.4 is 5.32 Å². The Hall–Kier alpha value is -2.34. The summed E-state index contributed by atoms with van der Waals surface area (Å²) >= 11 is 1.41. The molecular weight excluding hydrogens is 308 g/mol. The van der Waals surface area contributed by atoms with Gasteiger partial charge in [-0.25, -0.2) is 0 Å². The predicted octanol–water partition coefficient (Wildman–Crippen LogP) is 4.08. The molecule has 1 aromatic carbocycles. The van der Waals surface area contributed by atoms with Gasteiger partial charge in [0, 0.05) is 17.0 Å². The Bertz CT molecular complexity index is 885. The average molecular weight is 326 g/mol. The molecule has 0 spiro atoms. The Morgan fingerprint density at radius 3 is 2.65 bits per heavy atom. The third-order valence-corrected chi connectivity index (χ3v) is 4.63. The Kier molecular flexibility index (Phi) is 4.09. The second-order valence-electron chi connectivity index (χ2n) is 5.89. The number of amides is 1. The molecule has 2 aromatic heterocycles. The number of benzene rings is 1. The third kappa shape index (κ3) is 3.22. The molecule has 1 amide bonds. The molecule has 0 atom stereocenters. The van der Waals surface area contributed by atoms with Gasteiger partial charge in [0.2, 0.25) is 5.13 Å². The van der Waals surface area contributed by atoms with Gasteiger partial charge in [-0.05, 0) is 32.0 Å². The molecule has 0 unspecified atom stereocenters. The van der Waals surface area contributed by atoms with Crippen LogP contribution in [0.25, 0.3) is 10.9 Å². The zero-order chi connectivity index (χ0) is 16.6. The Morgan fingerprint density at radius 1 is 1.17 bits per heavy atom. The van der Waals surface area contributed by atoms with E-state index in [-0.39, 0.29) is 5.91 Å². The van der Waals surface area contributed by atoms with Crippen molar-refractivity contribution in [3.63, 3.8) is 0 Å². The number of anilines is 1. The summed E-state index contributed by atoms with van der Waals surface area (Å²) in [5.41, 5.74) is 3.33. The largest absolute Gasteiger partial charge is 0.296 e. The van der Waals surface area contributed by atoms with E-state index in [1.54, 1.807) is 0 Å². The van der Waals surface area contributed by atoms with Crippen LogP contribution in [0.4, 0.5) is 5.13 Å². The molecule has 2 heterocycles. The summed E-state index contributed by atoms with van der Waals surface area (Å²) in [6.07, 6.45) is 0. The topological polar surface area (TPSA) is 67.8 Å². The van der Waals surface area contributed by atoms with Gasteiger partial charge in [-0.2, -0.15) is 0 Å². The van der Waals surface area contributed by atoms with Crippen molar-refractivity contribution >= 4 is 33.3 Å². The number of aryl methyl sites for hydroxylation is 2. The monoisotopic (exact) mass is 326 g/mol. The zero-order valence-corrected chi connectivity index (χ0v) is 14.4. The van der Waals surface area contributed by atoms with E-state index in [1.807, 2.05) is 38.1 Å². The van der Waals surface area contributed by atoms with Gasteiger partial charge in [-0.3, -0.25) is 15.1 Å². The molecule has 0 bridgehead atoms. The first-order chi connectivity index (χ1) is 10.9. The fourth-order valence-corrected chi connectivity index (χ4v) is 3.08. The Balaban J connectivity index is 1.98.